The minimum Gasteiger partial charge on any atom is -0.395 e. The molecule has 21 heavy (non-hydrogen) atoms. The average Bonchev–Trinajstić information content (AvgIpc) is 2.47. The van der Waals surface area contributed by atoms with Gasteiger partial charge in [-0.15, -0.1) is 0 Å². The summed E-state index contributed by atoms with van der Waals surface area (Å²) in [4.78, 5) is 9.84. The Morgan fingerprint density at radius 2 is 2.14 bits per heavy atom. The molecule has 2 rings (SSSR count). The lowest BCUT2D eigenvalue weighted by atomic mass is 10.1. The number of nitrogens with zero attached hydrogens (tertiary/aromatic N) is 2. The van der Waals surface area contributed by atoms with Crippen molar-refractivity contribution in [3.8, 4) is 0 Å². The van der Waals surface area contributed by atoms with Crippen molar-refractivity contribution in [3.05, 3.63) is 33.3 Å². The average molecular weight is 335 g/mol. The minimum absolute atomic E-state index is 0.0668. The molecule has 1 atom stereocenters. The van der Waals surface area contributed by atoms with Crippen LogP contribution >= 0.6 is 11.6 Å². The van der Waals surface area contributed by atoms with Crippen LogP contribution in [0.5, 0.6) is 0 Å². The molecule has 0 spiro atoms. The van der Waals surface area contributed by atoms with Gasteiger partial charge in [-0.05, 0) is 18.9 Å². The summed E-state index contributed by atoms with van der Waals surface area (Å²) in [5, 5.41) is 20.1. The third-order valence-corrected chi connectivity index (χ3v) is 5.93. The maximum Gasteiger partial charge on any atom is 0.270 e. The molecule has 0 radical (unpaired) electrons. The molecule has 0 amide bonds. The number of hydrogen-bond acceptors (Lipinski definition) is 5. The Morgan fingerprint density at radius 3 is 2.76 bits per heavy atom. The second-order valence-electron chi connectivity index (χ2n) is 4.82. The highest BCUT2D eigenvalue weighted by molar-refractivity contribution is 7.89. The first kappa shape index (κ1) is 16.2. The fraction of sp³-hybridized carbons (Fsp3) is 0.500. The normalized spacial score (nSPS) is 20.4. The van der Waals surface area contributed by atoms with Crippen LogP contribution in [-0.4, -0.2) is 41.9 Å². The number of hydrogen-bond donors (Lipinski definition) is 1. The number of nitro benzene ring substituents is 1. The Kier molecular flexibility index (Phi) is 4.82. The van der Waals surface area contributed by atoms with Crippen molar-refractivity contribution in [1.29, 1.82) is 0 Å². The Hall–Kier alpha value is -1.22. The molecule has 1 heterocycles. The molecule has 1 aliphatic heterocycles. The lowest BCUT2D eigenvalue weighted by Crippen LogP contribution is -2.45. The molecular weight excluding hydrogens is 320 g/mol. The first-order valence-electron chi connectivity index (χ1n) is 6.44. The van der Waals surface area contributed by atoms with Gasteiger partial charge in [-0.1, -0.05) is 18.0 Å². The highest BCUT2D eigenvalue weighted by atomic mass is 35.5. The van der Waals surface area contributed by atoms with E-state index >= 15 is 0 Å². The molecule has 7 nitrogen and oxygen atoms in total. The van der Waals surface area contributed by atoms with Crippen LogP contribution in [0.15, 0.2) is 23.1 Å². The molecule has 0 aromatic heterocycles. The van der Waals surface area contributed by atoms with Crippen molar-refractivity contribution in [3.63, 3.8) is 0 Å². The van der Waals surface area contributed by atoms with E-state index in [4.69, 9.17) is 11.6 Å². The zero-order chi connectivity index (χ0) is 15.6. The number of aliphatic hydroxyl groups is 1. The van der Waals surface area contributed by atoms with Gasteiger partial charge in [0.05, 0.1) is 16.6 Å². The summed E-state index contributed by atoms with van der Waals surface area (Å²) in [7, 11) is -3.97. The molecule has 0 aliphatic carbocycles. The highest BCUT2D eigenvalue weighted by Crippen LogP contribution is 2.31. The topological polar surface area (TPSA) is 101 Å². The smallest absolute Gasteiger partial charge is 0.270 e. The zero-order valence-electron chi connectivity index (χ0n) is 11.1. The number of benzene rings is 1. The Morgan fingerprint density at radius 1 is 1.43 bits per heavy atom. The van der Waals surface area contributed by atoms with Crippen LogP contribution in [0, 0.1) is 10.1 Å². The maximum absolute atomic E-state index is 12.7. The van der Waals surface area contributed by atoms with E-state index in [0.717, 1.165) is 18.6 Å². The van der Waals surface area contributed by atoms with Crippen molar-refractivity contribution in [1.82, 2.24) is 4.31 Å². The molecule has 1 aliphatic rings. The van der Waals surface area contributed by atoms with Gasteiger partial charge in [-0.3, -0.25) is 10.1 Å². The van der Waals surface area contributed by atoms with Gasteiger partial charge < -0.3 is 5.11 Å². The van der Waals surface area contributed by atoms with Crippen molar-refractivity contribution < 1.29 is 18.4 Å². The molecule has 1 aromatic carbocycles. The third kappa shape index (κ3) is 3.18. The van der Waals surface area contributed by atoms with Crippen LogP contribution in [0.4, 0.5) is 5.69 Å². The predicted molar refractivity (Wildman–Crippen MR) is 76.7 cm³/mol. The number of aliphatic hydroxyl groups excluding tert-OH is 1. The van der Waals surface area contributed by atoms with Crippen LogP contribution in [0.1, 0.15) is 19.3 Å². The quantitative estimate of drug-likeness (QED) is 0.668. The van der Waals surface area contributed by atoms with E-state index < -0.39 is 21.0 Å². The summed E-state index contributed by atoms with van der Waals surface area (Å²) < 4.78 is 26.5. The summed E-state index contributed by atoms with van der Waals surface area (Å²) >= 11 is 5.90. The third-order valence-electron chi connectivity index (χ3n) is 3.50. The summed E-state index contributed by atoms with van der Waals surface area (Å²) in [6.45, 7) is -0.0155. The van der Waals surface area contributed by atoms with Crippen LogP contribution in [0.2, 0.25) is 5.02 Å². The first-order chi connectivity index (χ1) is 9.87. The number of sulfonamides is 1. The van der Waals surface area contributed by atoms with Gasteiger partial charge >= 0.3 is 0 Å². The zero-order valence-corrected chi connectivity index (χ0v) is 12.7. The number of rotatable bonds is 4. The van der Waals surface area contributed by atoms with Crippen LogP contribution in [-0.2, 0) is 10.0 Å². The van der Waals surface area contributed by atoms with Crippen LogP contribution in [0.3, 0.4) is 0 Å². The van der Waals surface area contributed by atoms with Gasteiger partial charge in [0.1, 0.15) is 4.90 Å². The Bertz CT molecular complexity index is 649. The van der Waals surface area contributed by atoms with Gasteiger partial charge in [0.2, 0.25) is 10.0 Å². The molecular formula is C12H15ClN2O5S. The number of halogens is 1. The van der Waals surface area contributed by atoms with Crippen molar-refractivity contribution in [2.45, 2.75) is 30.2 Å². The molecule has 1 saturated heterocycles. The van der Waals surface area contributed by atoms with Gasteiger partial charge in [0.25, 0.3) is 5.69 Å². The second-order valence-corrected chi connectivity index (χ2v) is 7.09. The second kappa shape index (κ2) is 6.27. The molecule has 116 valence electrons. The van der Waals surface area contributed by atoms with Crippen molar-refractivity contribution >= 4 is 27.3 Å². The Labute approximate surface area is 127 Å². The van der Waals surface area contributed by atoms with E-state index in [9.17, 15) is 23.6 Å². The van der Waals surface area contributed by atoms with Gasteiger partial charge in [-0.2, -0.15) is 4.31 Å². The van der Waals surface area contributed by atoms with Gasteiger partial charge in [0.15, 0.2) is 0 Å². The lowest BCUT2D eigenvalue weighted by Gasteiger charge is -2.33. The molecule has 1 N–H and O–H groups in total. The van der Waals surface area contributed by atoms with Crippen molar-refractivity contribution in [2.75, 3.05) is 13.2 Å². The van der Waals surface area contributed by atoms with E-state index in [-0.39, 0.29) is 28.8 Å². The largest absolute Gasteiger partial charge is 0.395 e. The molecule has 0 saturated carbocycles. The number of piperidine rings is 1. The number of non-ortho nitro benzene ring substituents is 1. The monoisotopic (exact) mass is 334 g/mol. The first-order valence-corrected chi connectivity index (χ1v) is 8.26. The molecule has 1 fully saturated rings. The van der Waals surface area contributed by atoms with E-state index in [0.29, 0.717) is 12.8 Å². The van der Waals surface area contributed by atoms with E-state index in [2.05, 4.69) is 0 Å². The standard InChI is InChI=1S/C12H15ClN2O5S/c13-11-5-4-9(15(17)18)7-12(11)21(19,20)14-6-2-1-3-10(14)8-16/h4-5,7,10,16H,1-3,6,8H2. The van der Waals surface area contributed by atoms with Crippen LogP contribution in [0.25, 0.3) is 0 Å². The SMILES string of the molecule is O=[N+]([O-])c1ccc(Cl)c(S(=O)(=O)N2CCCCC2CO)c1. The summed E-state index contributed by atoms with van der Waals surface area (Å²) in [5.74, 6) is 0. The molecule has 0 bridgehead atoms. The minimum atomic E-state index is -3.97. The van der Waals surface area contributed by atoms with Crippen LogP contribution < -0.4 is 0 Å². The molecule has 9 heteroatoms. The highest BCUT2D eigenvalue weighted by Gasteiger charge is 2.35. The summed E-state index contributed by atoms with van der Waals surface area (Å²) in [6, 6.07) is 2.80. The van der Waals surface area contributed by atoms with Crippen molar-refractivity contribution in [2.24, 2.45) is 0 Å². The Balaban J connectivity index is 2.47. The molecule has 1 aromatic rings. The molecule has 1 unspecified atom stereocenters. The summed E-state index contributed by atoms with van der Waals surface area (Å²) in [6.07, 6.45) is 2.07. The van der Waals surface area contributed by atoms with E-state index in [1.165, 1.54) is 10.4 Å². The predicted octanol–water partition coefficient (Wildman–Crippen LogP) is 1.78. The number of nitro groups is 1. The van der Waals surface area contributed by atoms with Gasteiger partial charge in [-0.25, -0.2) is 8.42 Å². The van der Waals surface area contributed by atoms with E-state index in [1.54, 1.807) is 0 Å². The lowest BCUT2D eigenvalue weighted by molar-refractivity contribution is -0.385. The van der Waals surface area contributed by atoms with Gasteiger partial charge in [0, 0.05) is 24.7 Å². The van der Waals surface area contributed by atoms with E-state index in [1.807, 2.05) is 0 Å². The fourth-order valence-electron chi connectivity index (χ4n) is 2.40. The summed E-state index contributed by atoms with van der Waals surface area (Å²) in [5.41, 5.74) is -0.337. The maximum atomic E-state index is 12.7. The fourth-order valence-corrected chi connectivity index (χ4v) is 4.58.